The molecule has 0 unspecified atom stereocenters. The summed E-state index contributed by atoms with van der Waals surface area (Å²) in [6.45, 7) is 5.01. The number of carbonyl (C=O) groups is 1. The van der Waals surface area contributed by atoms with Crippen LogP contribution in [0, 0.1) is 0 Å². The molecule has 2 heterocycles. The molecule has 23 heavy (non-hydrogen) atoms. The van der Waals surface area contributed by atoms with Crippen molar-refractivity contribution in [3.8, 4) is 0 Å². The van der Waals surface area contributed by atoms with E-state index >= 15 is 0 Å². The fourth-order valence-electron chi connectivity index (χ4n) is 3.15. The van der Waals surface area contributed by atoms with Gasteiger partial charge >= 0.3 is 0 Å². The number of carbonyl (C=O) groups excluding carboxylic acids is 1. The third-order valence-electron chi connectivity index (χ3n) is 4.44. The smallest absolute Gasteiger partial charge is 0.252 e. The molecule has 2 aliphatic heterocycles. The molecule has 0 saturated carbocycles. The summed E-state index contributed by atoms with van der Waals surface area (Å²) in [4.78, 5) is 13.6. The zero-order valence-corrected chi connectivity index (χ0v) is 13.9. The summed E-state index contributed by atoms with van der Waals surface area (Å²) in [6, 6.07) is 1.04. The zero-order valence-electron chi connectivity index (χ0n) is 13.9. The molecule has 1 amide bonds. The van der Waals surface area contributed by atoms with Gasteiger partial charge in [0.2, 0.25) is 0 Å². The summed E-state index contributed by atoms with van der Waals surface area (Å²) in [5, 5.41) is 3.71. The van der Waals surface area contributed by atoms with Crippen LogP contribution in [-0.4, -0.2) is 49.2 Å². The molecule has 0 aromatic carbocycles. The minimum atomic E-state index is -0.547. The summed E-state index contributed by atoms with van der Waals surface area (Å²) in [5.41, 5.74) is 18.0. The fourth-order valence-corrected chi connectivity index (χ4v) is 3.15. The van der Waals surface area contributed by atoms with Crippen LogP contribution in [0.5, 0.6) is 0 Å². The number of rotatable bonds is 5. The third-order valence-corrected chi connectivity index (χ3v) is 4.44. The number of amides is 1. The lowest BCUT2D eigenvalue weighted by Crippen LogP contribution is -2.48. The minimum absolute atomic E-state index is 0.292. The van der Waals surface area contributed by atoms with Crippen molar-refractivity contribution in [2.45, 2.75) is 44.7 Å². The molecule has 0 aromatic heterocycles. The highest BCUT2D eigenvalue weighted by atomic mass is 16.5. The Hall–Kier alpha value is -1.73. The van der Waals surface area contributed by atoms with Gasteiger partial charge in [-0.3, -0.25) is 4.79 Å². The van der Waals surface area contributed by atoms with Gasteiger partial charge in [-0.2, -0.15) is 0 Å². The maximum atomic E-state index is 11.6. The average Bonchev–Trinajstić information content (AvgIpc) is 2.53. The standard InChI is InChI=1S/C16H29N5O2/c1-11(17)10-14(16(19)22)15(18)21-6-2-12(3-7-21)20-13-4-8-23-9-5-13/h10,12-13,20H,2-9,17-18H2,1H3,(H2,19,22)/b11-10-,15-14-. The molecule has 0 spiro atoms. The first-order valence-corrected chi connectivity index (χ1v) is 8.29. The number of hydrogen-bond donors (Lipinski definition) is 4. The van der Waals surface area contributed by atoms with Gasteiger partial charge in [-0.15, -0.1) is 0 Å². The van der Waals surface area contributed by atoms with Crippen molar-refractivity contribution in [2.24, 2.45) is 17.2 Å². The Morgan fingerprint density at radius 2 is 1.65 bits per heavy atom. The summed E-state index contributed by atoms with van der Waals surface area (Å²) < 4.78 is 5.39. The first-order chi connectivity index (χ1) is 11.0. The van der Waals surface area contributed by atoms with E-state index < -0.39 is 5.91 Å². The molecule has 7 N–H and O–H groups in total. The number of allylic oxidation sites excluding steroid dienone is 1. The second-order valence-corrected chi connectivity index (χ2v) is 6.37. The van der Waals surface area contributed by atoms with Crippen LogP contribution in [0.2, 0.25) is 0 Å². The third kappa shape index (κ3) is 5.14. The number of hydrogen-bond acceptors (Lipinski definition) is 6. The number of nitrogens with one attached hydrogen (secondary N) is 1. The number of nitrogens with zero attached hydrogens (tertiary/aromatic N) is 1. The molecule has 7 nitrogen and oxygen atoms in total. The maximum Gasteiger partial charge on any atom is 0.252 e. The van der Waals surface area contributed by atoms with E-state index in [1.165, 1.54) is 0 Å². The Balaban J connectivity index is 1.91. The summed E-state index contributed by atoms with van der Waals surface area (Å²) in [6.07, 6.45) is 5.69. The number of nitrogens with two attached hydrogens (primary N) is 3. The largest absolute Gasteiger partial charge is 0.402 e. The van der Waals surface area contributed by atoms with Crippen molar-refractivity contribution in [2.75, 3.05) is 26.3 Å². The van der Waals surface area contributed by atoms with Gasteiger partial charge in [-0.05, 0) is 38.7 Å². The number of piperidine rings is 1. The fraction of sp³-hybridized carbons (Fsp3) is 0.688. The van der Waals surface area contributed by atoms with E-state index in [1.807, 2.05) is 4.90 Å². The highest BCUT2D eigenvalue weighted by Crippen LogP contribution is 2.18. The first kappa shape index (κ1) is 17.6. The van der Waals surface area contributed by atoms with Crippen LogP contribution in [0.4, 0.5) is 0 Å². The molecule has 0 atom stereocenters. The van der Waals surface area contributed by atoms with E-state index in [2.05, 4.69) is 5.32 Å². The van der Waals surface area contributed by atoms with Crippen molar-refractivity contribution < 1.29 is 9.53 Å². The van der Waals surface area contributed by atoms with Gasteiger partial charge in [0.25, 0.3) is 5.91 Å². The Morgan fingerprint density at radius 1 is 1.09 bits per heavy atom. The quantitative estimate of drug-likeness (QED) is 0.409. The topological polar surface area (TPSA) is 120 Å². The van der Waals surface area contributed by atoms with Crippen LogP contribution in [0.1, 0.15) is 32.6 Å². The Kier molecular flexibility index (Phi) is 6.29. The maximum absolute atomic E-state index is 11.6. The molecule has 130 valence electrons. The van der Waals surface area contributed by atoms with E-state index in [-0.39, 0.29) is 0 Å². The van der Waals surface area contributed by atoms with Gasteiger partial charge in [0, 0.05) is 44.1 Å². The SMILES string of the molecule is C/C(N)=C/C(C(N)=O)=C(\N)N1CCC(NC2CCOCC2)CC1. The predicted octanol–water partition coefficient (Wildman–Crippen LogP) is -0.262. The van der Waals surface area contributed by atoms with Crippen molar-refractivity contribution in [3.63, 3.8) is 0 Å². The Bertz CT molecular complexity index is 471. The second kappa shape index (κ2) is 8.21. The lowest BCUT2D eigenvalue weighted by molar-refractivity contribution is -0.114. The van der Waals surface area contributed by atoms with Gasteiger partial charge in [0.15, 0.2) is 0 Å². The van der Waals surface area contributed by atoms with E-state index in [9.17, 15) is 4.79 Å². The molecule has 7 heteroatoms. The van der Waals surface area contributed by atoms with Crippen LogP contribution in [0.3, 0.4) is 0 Å². The highest BCUT2D eigenvalue weighted by Gasteiger charge is 2.24. The van der Waals surface area contributed by atoms with Crippen molar-refractivity contribution in [3.05, 3.63) is 23.2 Å². The first-order valence-electron chi connectivity index (χ1n) is 8.29. The van der Waals surface area contributed by atoms with E-state index in [0.29, 0.717) is 29.2 Å². The van der Waals surface area contributed by atoms with Gasteiger partial charge in [0.1, 0.15) is 5.82 Å². The summed E-state index contributed by atoms with van der Waals surface area (Å²) in [7, 11) is 0. The average molecular weight is 323 g/mol. The van der Waals surface area contributed by atoms with Crippen molar-refractivity contribution in [1.82, 2.24) is 10.2 Å². The second-order valence-electron chi connectivity index (χ2n) is 6.37. The minimum Gasteiger partial charge on any atom is -0.402 e. The Morgan fingerprint density at radius 3 is 2.17 bits per heavy atom. The van der Waals surface area contributed by atoms with Crippen LogP contribution in [-0.2, 0) is 9.53 Å². The summed E-state index contributed by atoms with van der Waals surface area (Å²) in [5.74, 6) is -0.124. The number of primary amides is 1. The molecule has 0 aliphatic carbocycles. The molecule has 0 radical (unpaired) electrons. The van der Waals surface area contributed by atoms with Gasteiger partial charge in [0.05, 0.1) is 5.57 Å². The number of likely N-dealkylation sites (tertiary alicyclic amines) is 1. The Labute approximate surface area is 137 Å². The van der Waals surface area contributed by atoms with E-state index in [4.69, 9.17) is 21.9 Å². The molecule has 2 fully saturated rings. The molecule has 2 rings (SSSR count). The molecule has 2 saturated heterocycles. The van der Waals surface area contributed by atoms with E-state index in [0.717, 1.165) is 52.0 Å². The lowest BCUT2D eigenvalue weighted by Gasteiger charge is -2.37. The zero-order chi connectivity index (χ0) is 16.8. The van der Waals surface area contributed by atoms with E-state index in [1.54, 1.807) is 13.0 Å². The number of ether oxygens (including phenoxy) is 1. The van der Waals surface area contributed by atoms with Crippen LogP contribution >= 0.6 is 0 Å². The monoisotopic (exact) mass is 323 g/mol. The van der Waals surface area contributed by atoms with Crippen LogP contribution in [0.15, 0.2) is 23.2 Å². The van der Waals surface area contributed by atoms with Crippen LogP contribution in [0.25, 0.3) is 0 Å². The molecular formula is C16H29N5O2. The summed E-state index contributed by atoms with van der Waals surface area (Å²) >= 11 is 0. The van der Waals surface area contributed by atoms with Crippen molar-refractivity contribution >= 4 is 5.91 Å². The molecule has 2 aliphatic rings. The molecule has 0 aromatic rings. The van der Waals surface area contributed by atoms with Gasteiger partial charge in [-0.25, -0.2) is 0 Å². The van der Waals surface area contributed by atoms with Gasteiger partial charge < -0.3 is 32.2 Å². The van der Waals surface area contributed by atoms with Crippen LogP contribution < -0.4 is 22.5 Å². The highest BCUT2D eigenvalue weighted by molar-refractivity contribution is 5.95. The molecule has 0 bridgehead atoms. The van der Waals surface area contributed by atoms with Gasteiger partial charge in [-0.1, -0.05) is 0 Å². The normalized spacial score (nSPS) is 22.8. The predicted molar refractivity (Wildman–Crippen MR) is 89.9 cm³/mol. The lowest BCUT2D eigenvalue weighted by atomic mass is 10.0. The molecular weight excluding hydrogens is 294 g/mol. The van der Waals surface area contributed by atoms with Crippen molar-refractivity contribution in [1.29, 1.82) is 0 Å².